The number of anilines is 1. The van der Waals surface area contributed by atoms with Crippen molar-refractivity contribution in [2.75, 3.05) is 26.1 Å². The number of aromatic nitrogens is 3. The number of thiazole rings is 1. The van der Waals surface area contributed by atoms with Crippen LogP contribution in [0.1, 0.15) is 29.1 Å². The summed E-state index contributed by atoms with van der Waals surface area (Å²) in [7, 11) is 5.69. The number of hydrogen-bond acceptors (Lipinski definition) is 6. The van der Waals surface area contributed by atoms with Crippen LogP contribution >= 0.6 is 11.3 Å². The van der Waals surface area contributed by atoms with E-state index in [1.807, 2.05) is 60.3 Å². The van der Waals surface area contributed by atoms with Crippen LogP contribution in [-0.2, 0) is 6.54 Å². The van der Waals surface area contributed by atoms with Gasteiger partial charge in [-0.2, -0.15) is 5.10 Å². The van der Waals surface area contributed by atoms with Crippen molar-refractivity contribution in [1.82, 2.24) is 20.1 Å². The van der Waals surface area contributed by atoms with Gasteiger partial charge in [0.15, 0.2) is 5.13 Å². The first-order chi connectivity index (χ1) is 12.5. The molecule has 0 amide bonds. The number of hydrogen-bond donors (Lipinski definition) is 1. The summed E-state index contributed by atoms with van der Waals surface area (Å²) in [4.78, 5) is 7.67. The number of benzene rings is 1. The molecule has 0 spiro atoms. The average molecular weight is 372 g/mol. The smallest absolute Gasteiger partial charge is 0.185 e. The van der Waals surface area contributed by atoms with Gasteiger partial charge < -0.3 is 15.0 Å². The highest BCUT2D eigenvalue weighted by Crippen LogP contribution is 2.24. The first kappa shape index (κ1) is 18.4. The second kappa shape index (κ2) is 7.88. The third-order valence-corrected chi connectivity index (χ3v) is 5.50. The fourth-order valence-corrected chi connectivity index (χ4v) is 3.56. The zero-order valence-corrected chi connectivity index (χ0v) is 16.7. The fraction of sp³-hybridized carbons (Fsp3) is 0.368. The van der Waals surface area contributed by atoms with E-state index in [1.54, 1.807) is 18.4 Å². The lowest BCUT2D eigenvalue weighted by atomic mass is 10.1. The van der Waals surface area contributed by atoms with Gasteiger partial charge in [-0.3, -0.25) is 0 Å². The summed E-state index contributed by atoms with van der Waals surface area (Å²) in [5.74, 6) is 0.843. The molecule has 7 heteroatoms. The molecule has 2 heterocycles. The maximum atomic E-state index is 5.22. The topological polar surface area (TPSA) is 55.2 Å². The van der Waals surface area contributed by atoms with Crippen molar-refractivity contribution in [1.29, 1.82) is 0 Å². The van der Waals surface area contributed by atoms with E-state index in [0.29, 0.717) is 0 Å². The highest BCUT2D eigenvalue weighted by molar-refractivity contribution is 7.15. The number of nitrogens with zero attached hydrogens (tertiary/aromatic N) is 4. The second-order valence-electron chi connectivity index (χ2n) is 6.40. The Balaban J connectivity index is 1.69. The minimum absolute atomic E-state index is 0.201. The standard InChI is InChI=1S/C19H25N5OS/c1-13(20-10-17-11-21-19(26-17)23(3)4)18-12-22-24(14(18)2)15-6-8-16(25-5)9-7-15/h6-9,11-13,20H,10H2,1-5H3/t13-/m1/s1. The van der Waals surface area contributed by atoms with Gasteiger partial charge in [-0.15, -0.1) is 11.3 Å². The first-order valence-electron chi connectivity index (χ1n) is 8.54. The number of ether oxygens (including phenoxy) is 1. The largest absolute Gasteiger partial charge is 0.497 e. The molecule has 0 aliphatic heterocycles. The van der Waals surface area contributed by atoms with E-state index in [4.69, 9.17) is 4.74 Å². The number of nitrogens with one attached hydrogen (secondary N) is 1. The van der Waals surface area contributed by atoms with Crippen molar-refractivity contribution in [2.45, 2.75) is 26.4 Å². The Kier molecular flexibility index (Phi) is 5.58. The quantitative estimate of drug-likeness (QED) is 0.688. The predicted octanol–water partition coefficient (Wildman–Crippen LogP) is 3.56. The highest BCUT2D eigenvalue weighted by atomic mass is 32.1. The van der Waals surface area contributed by atoms with E-state index in [0.717, 1.165) is 28.8 Å². The zero-order chi connectivity index (χ0) is 18.7. The van der Waals surface area contributed by atoms with Crippen molar-refractivity contribution < 1.29 is 4.74 Å². The molecule has 1 aromatic carbocycles. The van der Waals surface area contributed by atoms with Gasteiger partial charge in [-0.25, -0.2) is 9.67 Å². The van der Waals surface area contributed by atoms with Gasteiger partial charge in [-0.1, -0.05) is 0 Å². The lowest BCUT2D eigenvalue weighted by Crippen LogP contribution is -2.18. The Morgan fingerprint density at radius 2 is 1.96 bits per heavy atom. The molecule has 1 N–H and O–H groups in total. The molecule has 1 atom stereocenters. The van der Waals surface area contributed by atoms with E-state index in [1.165, 1.54) is 10.4 Å². The maximum Gasteiger partial charge on any atom is 0.185 e. The van der Waals surface area contributed by atoms with Crippen molar-refractivity contribution in [3.05, 3.63) is 52.8 Å². The summed E-state index contributed by atoms with van der Waals surface area (Å²) < 4.78 is 7.18. The Hall–Kier alpha value is -2.38. The van der Waals surface area contributed by atoms with Gasteiger partial charge in [0.2, 0.25) is 0 Å². The summed E-state index contributed by atoms with van der Waals surface area (Å²) in [6.45, 7) is 5.05. The molecule has 26 heavy (non-hydrogen) atoms. The lowest BCUT2D eigenvalue weighted by molar-refractivity contribution is 0.414. The zero-order valence-electron chi connectivity index (χ0n) is 15.9. The minimum atomic E-state index is 0.201. The van der Waals surface area contributed by atoms with Crippen LogP contribution in [0.3, 0.4) is 0 Å². The average Bonchev–Trinajstić information content (AvgIpc) is 3.27. The molecule has 138 valence electrons. The van der Waals surface area contributed by atoms with E-state index >= 15 is 0 Å². The van der Waals surface area contributed by atoms with Gasteiger partial charge in [0.25, 0.3) is 0 Å². The van der Waals surface area contributed by atoms with Gasteiger partial charge in [-0.05, 0) is 38.1 Å². The molecule has 0 radical (unpaired) electrons. The molecule has 0 fully saturated rings. The Morgan fingerprint density at radius 1 is 1.23 bits per heavy atom. The van der Waals surface area contributed by atoms with Gasteiger partial charge in [0.05, 0.1) is 19.0 Å². The highest BCUT2D eigenvalue weighted by Gasteiger charge is 2.15. The van der Waals surface area contributed by atoms with Crippen molar-refractivity contribution in [3.63, 3.8) is 0 Å². The molecule has 6 nitrogen and oxygen atoms in total. The second-order valence-corrected chi connectivity index (χ2v) is 7.49. The van der Waals surface area contributed by atoms with Crippen LogP contribution in [0.2, 0.25) is 0 Å². The summed E-state index contributed by atoms with van der Waals surface area (Å²) in [5.41, 5.74) is 3.35. The van der Waals surface area contributed by atoms with Crippen LogP contribution in [0.15, 0.2) is 36.7 Å². The SMILES string of the molecule is COc1ccc(-n2ncc([C@@H](C)NCc3cnc(N(C)C)s3)c2C)cc1. The van der Waals surface area contributed by atoms with Crippen LogP contribution in [-0.4, -0.2) is 36.0 Å². The molecule has 0 saturated carbocycles. The molecule has 0 bridgehead atoms. The molecule has 0 aliphatic carbocycles. The molecule has 0 unspecified atom stereocenters. The molecular formula is C19H25N5OS. The minimum Gasteiger partial charge on any atom is -0.497 e. The monoisotopic (exact) mass is 371 g/mol. The third kappa shape index (κ3) is 3.89. The summed E-state index contributed by atoms with van der Waals surface area (Å²) in [6, 6.07) is 8.13. The Bertz CT molecular complexity index is 853. The van der Waals surface area contributed by atoms with Crippen LogP contribution < -0.4 is 15.0 Å². The Labute approximate surface area is 158 Å². The van der Waals surface area contributed by atoms with Crippen LogP contribution in [0.5, 0.6) is 5.75 Å². The van der Waals surface area contributed by atoms with Gasteiger partial charge in [0, 0.05) is 49.0 Å². The normalized spacial score (nSPS) is 12.2. The van der Waals surface area contributed by atoms with Crippen LogP contribution in [0.25, 0.3) is 5.69 Å². The maximum absolute atomic E-state index is 5.22. The molecule has 2 aromatic heterocycles. The van der Waals surface area contributed by atoms with E-state index < -0.39 is 0 Å². The van der Waals surface area contributed by atoms with E-state index in [-0.39, 0.29) is 6.04 Å². The van der Waals surface area contributed by atoms with Crippen molar-refractivity contribution in [2.24, 2.45) is 0 Å². The van der Waals surface area contributed by atoms with Crippen molar-refractivity contribution >= 4 is 16.5 Å². The predicted molar refractivity (Wildman–Crippen MR) is 107 cm³/mol. The van der Waals surface area contributed by atoms with Gasteiger partial charge in [0.1, 0.15) is 5.75 Å². The number of methoxy groups -OCH3 is 1. The first-order valence-corrected chi connectivity index (χ1v) is 9.35. The summed E-state index contributed by atoms with van der Waals surface area (Å²) in [6.07, 6.45) is 3.88. The Morgan fingerprint density at radius 3 is 2.58 bits per heavy atom. The molecule has 0 saturated heterocycles. The van der Waals surface area contributed by atoms with Gasteiger partial charge >= 0.3 is 0 Å². The molecule has 0 aliphatic rings. The van der Waals surface area contributed by atoms with E-state index in [9.17, 15) is 0 Å². The fourth-order valence-electron chi connectivity index (χ4n) is 2.78. The van der Waals surface area contributed by atoms with E-state index in [2.05, 4.69) is 29.2 Å². The summed E-state index contributed by atoms with van der Waals surface area (Å²) >= 11 is 1.71. The molecule has 3 aromatic rings. The molecule has 3 rings (SSSR count). The number of rotatable bonds is 7. The third-order valence-electron chi connectivity index (χ3n) is 4.34. The summed E-state index contributed by atoms with van der Waals surface area (Å²) in [5, 5.41) is 9.16. The van der Waals surface area contributed by atoms with Crippen molar-refractivity contribution in [3.8, 4) is 11.4 Å². The lowest BCUT2D eigenvalue weighted by Gasteiger charge is -2.13. The van der Waals surface area contributed by atoms with Crippen LogP contribution in [0.4, 0.5) is 5.13 Å². The van der Waals surface area contributed by atoms with Crippen LogP contribution in [0, 0.1) is 6.92 Å². The molecular weight excluding hydrogens is 346 g/mol.